The van der Waals surface area contributed by atoms with E-state index in [0.717, 1.165) is 22.6 Å². The molecule has 0 atom stereocenters. The van der Waals surface area contributed by atoms with Crippen molar-refractivity contribution in [1.82, 2.24) is 14.9 Å². The van der Waals surface area contributed by atoms with E-state index in [9.17, 15) is 4.79 Å². The zero-order valence-corrected chi connectivity index (χ0v) is 18.6. The normalized spacial score (nSPS) is 12.6. The van der Waals surface area contributed by atoms with Gasteiger partial charge in [-0.15, -0.1) is 0 Å². The lowest BCUT2D eigenvalue weighted by molar-refractivity contribution is 0.0730. The summed E-state index contributed by atoms with van der Waals surface area (Å²) in [6, 6.07) is 18.1. The first-order chi connectivity index (χ1) is 16.5. The van der Waals surface area contributed by atoms with E-state index in [2.05, 4.69) is 21.4 Å². The number of hydrogen-bond donors (Lipinski definition) is 2. The molecule has 2 aromatic carbocycles. The molecule has 8 heteroatoms. The molecule has 8 nitrogen and oxygen atoms in total. The molecule has 0 aliphatic carbocycles. The van der Waals surface area contributed by atoms with E-state index in [1.807, 2.05) is 37.3 Å². The van der Waals surface area contributed by atoms with Gasteiger partial charge in [0.05, 0.1) is 11.6 Å². The second kappa shape index (κ2) is 8.71. The van der Waals surface area contributed by atoms with E-state index in [1.54, 1.807) is 35.4 Å². The molecule has 3 heterocycles. The maximum Gasteiger partial charge on any atom is 0.254 e. The third kappa shape index (κ3) is 4.19. The predicted molar refractivity (Wildman–Crippen MR) is 128 cm³/mol. The minimum atomic E-state index is -0.0984. The average molecular weight is 451 g/mol. The van der Waals surface area contributed by atoms with E-state index in [0.29, 0.717) is 53.7 Å². The molecular formula is C26H22N6O2. The van der Waals surface area contributed by atoms with Crippen LogP contribution in [0.4, 0.5) is 17.3 Å². The van der Waals surface area contributed by atoms with E-state index < -0.39 is 0 Å². The van der Waals surface area contributed by atoms with Gasteiger partial charge in [-0.25, -0.2) is 9.97 Å². The molecule has 168 valence electrons. The van der Waals surface area contributed by atoms with Gasteiger partial charge in [-0.2, -0.15) is 5.26 Å². The third-order valence-corrected chi connectivity index (χ3v) is 5.76. The maximum atomic E-state index is 13.0. The maximum absolute atomic E-state index is 13.0. The van der Waals surface area contributed by atoms with Gasteiger partial charge in [-0.1, -0.05) is 6.07 Å². The van der Waals surface area contributed by atoms with Crippen LogP contribution < -0.4 is 11.1 Å². The molecular weight excluding hydrogens is 428 g/mol. The number of hydrogen-bond acceptors (Lipinski definition) is 7. The van der Waals surface area contributed by atoms with Crippen LogP contribution in [0.5, 0.6) is 0 Å². The Morgan fingerprint density at radius 1 is 1.21 bits per heavy atom. The van der Waals surface area contributed by atoms with Crippen molar-refractivity contribution in [2.75, 3.05) is 17.6 Å². The van der Waals surface area contributed by atoms with Crippen LogP contribution in [-0.2, 0) is 13.0 Å². The molecule has 3 N–H and O–H groups in total. The Bertz CT molecular complexity index is 1420. The van der Waals surface area contributed by atoms with Crippen LogP contribution >= 0.6 is 0 Å². The first-order valence-electron chi connectivity index (χ1n) is 10.9. The van der Waals surface area contributed by atoms with Crippen LogP contribution in [0.1, 0.15) is 32.8 Å². The second-order valence-electron chi connectivity index (χ2n) is 8.20. The Morgan fingerprint density at radius 2 is 2.03 bits per heavy atom. The first-order valence-corrected chi connectivity index (χ1v) is 10.9. The molecule has 1 aliphatic rings. The summed E-state index contributed by atoms with van der Waals surface area (Å²) in [5.41, 5.74) is 10.8. The van der Waals surface area contributed by atoms with Crippen LogP contribution in [0, 0.1) is 18.3 Å². The van der Waals surface area contributed by atoms with Crippen LogP contribution in [-0.4, -0.2) is 27.3 Å². The SMILES string of the molecule is Cc1cnc(Nc2ccc(N)cc2)nc1-c1cc2c(o1)CCN(C(=O)c1cccc(C#N)c1)C2. The fourth-order valence-corrected chi connectivity index (χ4v) is 3.97. The molecule has 0 bridgehead atoms. The minimum Gasteiger partial charge on any atom is -0.459 e. The van der Waals surface area contributed by atoms with Crippen LogP contribution in [0.25, 0.3) is 11.5 Å². The number of nitriles is 1. The van der Waals surface area contributed by atoms with E-state index in [1.165, 1.54) is 0 Å². The summed E-state index contributed by atoms with van der Waals surface area (Å²) in [5, 5.41) is 12.3. The van der Waals surface area contributed by atoms with Gasteiger partial charge in [0, 0.05) is 48.2 Å². The lowest BCUT2D eigenvalue weighted by Gasteiger charge is -2.26. The lowest BCUT2D eigenvalue weighted by Crippen LogP contribution is -2.35. The van der Waals surface area contributed by atoms with Crippen molar-refractivity contribution in [3.8, 4) is 17.5 Å². The van der Waals surface area contributed by atoms with Crippen LogP contribution in [0.2, 0.25) is 0 Å². The van der Waals surface area contributed by atoms with Crippen molar-refractivity contribution in [1.29, 1.82) is 5.26 Å². The molecule has 2 aromatic heterocycles. The van der Waals surface area contributed by atoms with Gasteiger partial charge >= 0.3 is 0 Å². The van der Waals surface area contributed by atoms with Gasteiger partial charge in [-0.3, -0.25) is 4.79 Å². The number of anilines is 3. The van der Waals surface area contributed by atoms with Gasteiger partial charge in [0.1, 0.15) is 11.5 Å². The zero-order chi connectivity index (χ0) is 23.7. The molecule has 0 radical (unpaired) electrons. The summed E-state index contributed by atoms with van der Waals surface area (Å²) in [6.45, 7) is 2.92. The smallest absolute Gasteiger partial charge is 0.254 e. The molecule has 1 aliphatic heterocycles. The Kier molecular flexibility index (Phi) is 5.44. The van der Waals surface area contributed by atoms with Crippen molar-refractivity contribution >= 4 is 23.2 Å². The molecule has 0 spiro atoms. The molecule has 0 saturated carbocycles. The van der Waals surface area contributed by atoms with E-state index in [4.69, 9.17) is 15.4 Å². The van der Waals surface area contributed by atoms with E-state index >= 15 is 0 Å². The first kappa shape index (κ1) is 21.2. The van der Waals surface area contributed by atoms with Crippen molar-refractivity contribution in [3.05, 3.63) is 88.8 Å². The summed E-state index contributed by atoms with van der Waals surface area (Å²) in [4.78, 5) is 23.8. The highest BCUT2D eigenvalue weighted by atomic mass is 16.3. The Morgan fingerprint density at radius 3 is 2.82 bits per heavy atom. The number of carbonyl (C=O) groups is 1. The van der Waals surface area contributed by atoms with Crippen molar-refractivity contribution in [2.45, 2.75) is 19.9 Å². The van der Waals surface area contributed by atoms with Crippen molar-refractivity contribution in [3.63, 3.8) is 0 Å². The number of rotatable bonds is 4. The number of nitrogens with one attached hydrogen (secondary N) is 1. The Hall–Kier alpha value is -4.64. The largest absolute Gasteiger partial charge is 0.459 e. The fourth-order valence-electron chi connectivity index (χ4n) is 3.97. The zero-order valence-electron chi connectivity index (χ0n) is 18.6. The highest BCUT2D eigenvalue weighted by Gasteiger charge is 2.26. The molecule has 34 heavy (non-hydrogen) atoms. The third-order valence-electron chi connectivity index (χ3n) is 5.76. The molecule has 5 rings (SSSR count). The van der Waals surface area contributed by atoms with Gasteiger partial charge in [0.15, 0.2) is 5.76 Å². The quantitative estimate of drug-likeness (QED) is 0.441. The standard InChI is InChI=1S/C26H22N6O2/c1-16-14-29-26(30-21-7-5-20(28)6-8-21)31-24(16)23-12-19-15-32(10-9-22(19)34-23)25(33)18-4-2-3-17(11-18)13-27/h2-8,11-12,14H,9-10,15,28H2,1H3,(H,29,30,31). The monoisotopic (exact) mass is 450 g/mol. The molecule has 0 fully saturated rings. The number of benzene rings is 2. The van der Waals surface area contributed by atoms with Gasteiger partial charge < -0.3 is 20.4 Å². The Balaban J connectivity index is 1.38. The highest BCUT2D eigenvalue weighted by Crippen LogP contribution is 2.31. The van der Waals surface area contributed by atoms with Crippen LogP contribution in [0.15, 0.2) is 65.2 Å². The topological polar surface area (TPSA) is 121 Å². The lowest BCUT2D eigenvalue weighted by atomic mass is 10.1. The summed E-state index contributed by atoms with van der Waals surface area (Å²) in [6.07, 6.45) is 2.36. The molecule has 0 unspecified atom stereocenters. The highest BCUT2D eigenvalue weighted by molar-refractivity contribution is 5.94. The molecule has 4 aromatic rings. The number of nitrogen functional groups attached to an aromatic ring is 1. The van der Waals surface area contributed by atoms with Crippen LogP contribution in [0.3, 0.4) is 0 Å². The number of aromatic nitrogens is 2. The summed E-state index contributed by atoms with van der Waals surface area (Å²) in [7, 11) is 0. The number of fused-ring (bicyclic) bond motifs is 1. The van der Waals surface area contributed by atoms with E-state index in [-0.39, 0.29) is 5.91 Å². The van der Waals surface area contributed by atoms with Gasteiger partial charge in [0.25, 0.3) is 5.91 Å². The summed E-state index contributed by atoms with van der Waals surface area (Å²) in [5.74, 6) is 1.86. The number of furan rings is 1. The number of aryl methyl sites for hydroxylation is 1. The van der Waals surface area contributed by atoms with Gasteiger partial charge in [0.2, 0.25) is 5.95 Å². The summed E-state index contributed by atoms with van der Waals surface area (Å²) >= 11 is 0. The average Bonchev–Trinajstić information content (AvgIpc) is 3.29. The number of amides is 1. The Labute approximate surface area is 196 Å². The molecule has 1 amide bonds. The summed E-state index contributed by atoms with van der Waals surface area (Å²) < 4.78 is 6.15. The predicted octanol–water partition coefficient (Wildman–Crippen LogP) is 4.44. The van der Waals surface area contributed by atoms with Crippen molar-refractivity contribution in [2.24, 2.45) is 0 Å². The minimum absolute atomic E-state index is 0.0984. The van der Waals surface area contributed by atoms with Gasteiger partial charge in [-0.05, 0) is 61.0 Å². The second-order valence-corrected chi connectivity index (χ2v) is 8.20. The molecule has 0 saturated heterocycles. The fraction of sp³-hybridized carbons (Fsp3) is 0.154. The number of nitrogens with zero attached hydrogens (tertiary/aromatic N) is 4. The number of nitrogens with two attached hydrogens (primary N) is 1. The number of carbonyl (C=O) groups excluding carboxylic acids is 1. The van der Waals surface area contributed by atoms with Crippen molar-refractivity contribution < 1.29 is 9.21 Å².